The van der Waals surface area contributed by atoms with E-state index in [0.717, 1.165) is 0 Å². The highest BCUT2D eigenvalue weighted by Gasteiger charge is 2.39. The standard InChI is InChI=1S/C13H24N4O3/c1-7(2)10(16-13(19)20-4)12(18)17-6-8(3)5-9(17)11(14)15/h7-10H,5-6H2,1-4H3,(H3,14,15)(H,16,19)/t8-,9?,10-/m0/s1. The lowest BCUT2D eigenvalue weighted by atomic mass is 10.0. The molecule has 3 atom stereocenters. The molecule has 1 saturated heterocycles. The van der Waals surface area contributed by atoms with E-state index in [0.29, 0.717) is 18.9 Å². The molecule has 1 rings (SSSR count). The molecule has 0 spiro atoms. The number of likely N-dealkylation sites (tertiary alicyclic amines) is 1. The molecule has 0 bridgehead atoms. The van der Waals surface area contributed by atoms with Crippen LogP contribution >= 0.6 is 0 Å². The Morgan fingerprint density at radius 2 is 2.05 bits per heavy atom. The van der Waals surface area contributed by atoms with Crippen molar-refractivity contribution in [2.24, 2.45) is 17.6 Å². The molecular formula is C13H24N4O3. The van der Waals surface area contributed by atoms with E-state index in [1.54, 1.807) is 4.90 Å². The van der Waals surface area contributed by atoms with Gasteiger partial charge in [-0.1, -0.05) is 20.8 Å². The molecule has 20 heavy (non-hydrogen) atoms. The highest BCUT2D eigenvalue weighted by atomic mass is 16.5. The summed E-state index contributed by atoms with van der Waals surface area (Å²) in [5.41, 5.74) is 5.57. The minimum atomic E-state index is -0.672. The lowest BCUT2D eigenvalue weighted by molar-refractivity contribution is -0.134. The van der Waals surface area contributed by atoms with Gasteiger partial charge in [-0.05, 0) is 18.3 Å². The number of nitrogens with one attached hydrogen (secondary N) is 2. The zero-order valence-electron chi connectivity index (χ0n) is 12.5. The molecule has 0 aromatic carbocycles. The van der Waals surface area contributed by atoms with Crippen LogP contribution in [-0.4, -0.2) is 48.5 Å². The number of methoxy groups -OCH3 is 1. The Hall–Kier alpha value is -1.79. The Kier molecular flexibility index (Phi) is 5.35. The summed E-state index contributed by atoms with van der Waals surface area (Å²) in [7, 11) is 1.26. The minimum Gasteiger partial charge on any atom is -0.453 e. The van der Waals surface area contributed by atoms with Crippen LogP contribution in [0, 0.1) is 17.2 Å². The number of rotatable bonds is 4. The fourth-order valence-electron chi connectivity index (χ4n) is 2.46. The van der Waals surface area contributed by atoms with Crippen molar-refractivity contribution in [1.82, 2.24) is 10.2 Å². The van der Waals surface area contributed by atoms with Gasteiger partial charge in [0.05, 0.1) is 13.2 Å². The molecule has 0 saturated carbocycles. The van der Waals surface area contributed by atoms with Gasteiger partial charge in [-0.2, -0.15) is 0 Å². The monoisotopic (exact) mass is 284 g/mol. The number of nitrogens with zero attached hydrogens (tertiary/aromatic N) is 1. The van der Waals surface area contributed by atoms with Crippen LogP contribution in [0.2, 0.25) is 0 Å². The van der Waals surface area contributed by atoms with E-state index in [2.05, 4.69) is 10.1 Å². The summed E-state index contributed by atoms with van der Waals surface area (Å²) in [5, 5.41) is 10.2. The summed E-state index contributed by atoms with van der Waals surface area (Å²) in [6, 6.07) is -1.05. The number of amides is 2. The molecule has 114 valence electrons. The van der Waals surface area contributed by atoms with Crippen LogP contribution in [0.25, 0.3) is 0 Å². The number of nitrogens with two attached hydrogens (primary N) is 1. The van der Waals surface area contributed by atoms with Crippen molar-refractivity contribution in [3.8, 4) is 0 Å². The van der Waals surface area contributed by atoms with Gasteiger partial charge in [0.25, 0.3) is 0 Å². The number of ether oxygens (including phenoxy) is 1. The summed E-state index contributed by atoms with van der Waals surface area (Å²) < 4.78 is 4.55. The Bertz CT molecular complexity index is 397. The van der Waals surface area contributed by atoms with E-state index in [1.807, 2.05) is 20.8 Å². The van der Waals surface area contributed by atoms with Gasteiger partial charge in [0.15, 0.2) is 0 Å². The first-order valence-corrected chi connectivity index (χ1v) is 6.76. The maximum atomic E-state index is 12.6. The van der Waals surface area contributed by atoms with Crippen molar-refractivity contribution >= 4 is 17.8 Å². The average molecular weight is 284 g/mol. The molecule has 0 aliphatic carbocycles. The van der Waals surface area contributed by atoms with Crippen molar-refractivity contribution in [1.29, 1.82) is 5.41 Å². The van der Waals surface area contributed by atoms with Crippen molar-refractivity contribution in [2.75, 3.05) is 13.7 Å². The van der Waals surface area contributed by atoms with Crippen LogP contribution < -0.4 is 11.1 Å². The van der Waals surface area contributed by atoms with Crippen LogP contribution in [0.15, 0.2) is 0 Å². The molecule has 4 N–H and O–H groups in total. The van der Waals surface area contributed by atoms with E-state index < -0.39 is 12.1 Å². The van der Waals surface area contributed by atoms with Crippen LogP contribution in [0.4, 0.5) is 4.79 Å². The second-order valence-corrected chi connectivity index (χ2v) is 5.66. The Balaban J connectivity index is 2.88. The SMILES string of the molecule is COC(=O)N[C@H](C(=O)N1C[C@@H](C)CC1C(=N)N)C(C)C. The molecule has 0 aromatic heterocycles. The van der Waals surface area contributed by atoms with Gasteiger partial charge in [0, 0.05) is 6.54 Å². The van der Waals surface area contributed by atoms with E-state index in [1.165, 1.54) is 7.11 Å². The molecule has 1 heterocycles. The molecule has 7 nitrogen and oxygen atoms in total. The first-order chi connectivity index (χ1) is 9.27. The molecule has 1 fully saturated rings. The highest BCUT2D eigenvalue weighted by molar-refractivity contribution is 5.92. The second-order valence-electron chi connectivity index (χ2n) is 5.66. The molecule has 1 aliphatic rings. The van der Waals surface area contributed by atoms with E-state index >= 15 is 0 Å². The van der Waals surface area contributed by atoms with E-state index in [-0.39, 0.29) is 23.7 Å². The first-order valence-electron chi connectivity index (χ1n) is 6.76. The summed E-state index contributed by atoms with van der Waals surface area (Å²) >= 11 is 0. The largest absolute Gasteiger partial charge is 0.453 e. The number of hydrogen-bond donors (Lipinski definition) is 3. The van der Waals surface area contributed by atoms with Crippen LogP contribution in [0.5, 0.6) is 0 Å². The van der Waals surface area contributed by atoms with Gasteiger partial charge in [0.2, 0.25) is 5.91 Å². The first kappa shape index (κ1) is 16.3. The average Bonchev–Trinajstić information content (AvgIpc) is 2.76. The Morgan fingerprint density at radius 1 is 1.45 bits per heavy atom. The fraction of sp³-hybridized carbons (Fsp3) is 0.769. The highest BCUT2D eigenvalue weighted by Crippen LogP contribution is 2.24. The maximum absolute atomic E-state index is 12.6. The second kappa shape index (κ2) is 6.58. The van der Waals surface area contributed by atoms with Crippen molar-refractivity contribution in [3.05, 3.63) is 0 Å². The predicted molar refractivity (Wildman–Crippen MR) is 75.4 cm³/mol. The van der Waals surface area contributed by atoms with Crippen molar-refractivity contribution < 1.29 is 14.3 Å². The summed E-state index contributed by atoms with van der Waals surface area (Å²) in [6.45, 7) is 6.26. The maximum Gasteiger partial charge on any atom is 0.407 e. The van der Waals surface area contributed by atoms with Gasteiger partial charge >= 0.3 is 6.09 Å². The molecular weight excluding hydrogens is 260 g/mol. The number of carbonyl (C=O) groups excluding carboxylic acids is 2. The number of alkyl carbamates (subject to hydrolysis) is 1. The number of carbonyl (C=O) groups is 2. The molecule has 1 unspecified atom stereocenters. The van der Waals surface area contributed by atoms with Crippen molar-refractivity contribution in [3.63, 3.8) is 0 Å². The van der Waals surface area contributed by atoms with Gasteiger partial charge in [-0.15, -0.1) is 0 Å². The van der Waals surface area contributed by atoms with Crippen molar-refractivity contribution in [2.45, 2.75) is 39.3 Å². The van der Waals surface area contributed by atoms with E-state index in [9.17, 15) is 9.59 Å². The molecule has 2 amide bonds. The zero-order valence-corrected chi connectivity index (χ0v) is 12.5. The number of amidine groups is 1. The third-order valence-corrected chi connectivity index (χ3v) is 3.54. The van der Waals surface area contributed by atoms with E-state index in [4.69, 9.17) is 11.1 Å². The summed E-state index contributed by atoms with van der Waals surface area (Å²) in [6.07, 6.45) is 0.0491. The topological polar surface area (TPSA) is 109 Å². The third kappa shape index (κ3) is 3.61. The van der Waals surface area contributed by atoms with Crippen LogP contribution in [-0.2, 0) is 9.53 Å². The van der Waals surface area contributed by atoms with Crippen LogP contribution in [0.1, 0.15) is 27.2 Å². The summed E-state index contributed by atoms with van der Waals surface area (Å²) in [4.78, 5) is 25.5. The minimum absolute atomic E-state index is 0.0109. The summed E-state index contributed by atoms with van der Waals surface area (Å²) in [5.74, 6) is -0.0119. The molecule has 1 aliphatic heterocycles. The zero-order chi connectivity index (χ0) is 15.4. The lowest BCUT2D eigenvalue weighted by Crippen LogP contribution is -2.54. The van der Waals surface area contributed by atoms with Gasteiger partial charge in [-0.25, -0.2) is 4.79 Å². The van der Waals surface area contributed by atoms with Gasteiger partial charge in [0.1, 0.15) is 11.9 Å². The molecule has 0 radical (unpaired) electrons. The molecule has 7 heteroatoms. The quantitative estimate of drug-likeness (QED) is 0.517. The molecule has 0 aromatic rings. The Morgan fingerprint density at radius 3 is 2.50 bits per heavy atom. The Labute approximate surface area is 119 Å². The fourth-order valence-corrected chi connectivity index (χ4v) is 2.46. The number of hydrogen-bond acceptors (Lipinski definition) is 4. The van der Waals surface area contributed by atoms with Crippen LogP contribution in [0.3, 0.4) is 0 Å². The normalized spacial score (nSPS) is 23.6. The third-order valence-electron chi connectivity index (χ3n) is 3.54. The smallest absolute Gasteiger partial charge is 0.407 e. The van der Waals surface area contributed by atoms with Gasteiger partial charge < -0.3 is 20.7 Å². The lowest BCUT2D eigenvalue weighted by Gasteiger charge is -2.30. The predicted octanol–water partition coefficient (Wildman–Crippen LogP) is 0.540. The van der Waals surface area contributed by atoms with Gasteiger partial charge in [-0.3, -0.25) is 10.2 Å².